The van der Waals surface area contributed by atoms with Crippen molar-refractivity contribution in [2.45, 2.75) is 0 Å². The summed E-state index contributed by atoms with van der Waals surface area (Å²) in [6.45, 7) is 0. The molecule has 0 N–H and O–H groups in total. The molecule has 42 heavy (non-hydrogen) atoms. The van der Waals surface area contributed by atoms with E-state index in [2.05, 4.69) is 0 Å². The summed E-state index contributed by atoms with van der Waals surface area (Å²) >= 11 is 0. The molecule has 0 aliphatic rings. The van der Waals surface area contributed by atoms with E-state index in [-0.39, 0.29) is 0 Å². The van der Waals surface area contributed by atoms with Crippen molar-refractivity contribution in [3.8, 4) is 0 Å². The number of nitrogens with zero attached hydrogens (tertiary/aromatic N) is 1. The Morgan fingerprint density at radius 2 is 0.714 bits per heavy atom. The van der Waals surface area contributed by atoms with E-state index in [1.54, 1.807) is 0 Å². The third-order valence-corrected chi connectivity index (χ3v) is 13.8. The smallest absolute Gasteiger partial charge is 0.189 e. The SMILES string of the molecule is O=P(c1ccccc1)(c1cccc(P(=O)(c2ccccc2)c2cccc3ccccc23)n1)c1cccc2ccccc12. The van der Waals surface area contributed by atoms with Crippen molar-refractivity contribution < 1.29 is 9.13 Å². The van der Waals surface area contributed by atoms with Gasteiger partial charge in [0.2, 0.25) is 0 Å². The molecule has 1 heterocycles. The molecule has 1 aromatic heterocycles. The first kappa shape index (κ1) is 26.4. The zero-order valence-electron chi connectivity index (χ0n) is 22.7. The summed E-state index contributed by atoms with van der Waals surface area (Å²) in [7, 11) is -6.96. The third kappa shape index (κ3) is 4.25. The maximum absolute atomic E-state index is 15.6. The first-order valence-electron chi connectivity index (χ1n) is 13.9. The Morgan fingerprint density at radius 3 is 1.17 bits per heavy atom. The summed E-state index contributed by atoms with van der Waals surface area (Å²) in [5.41, 5.74) is 0.831. The lowest BCUT2D eigenvalue weighted by Gasteiger charge is -2.24. The molecule has 2 unspecified atom stereocenters. The van der Waals surface area contributed by atoms with Crippen LogP contribution in [0.15, 0.2) is 164 Å². The van der Waals surface area contributed by atoms with Crippen LogP contribution in [0.3, 0.4) is 0 Å². The van der Waals surface area contributed by atoms with Crippen LogP contribution < -0.4 is 32.1 Å². The maximum atomic E-state index is 15.6. The molecule has 0 amide bonds. The Labute approximate surface area is 245 Å². The lowest BCUT2D eigenvalue weighted by atomic mass is 10.1. The van der Waals surface area contributed by atoms with Crippen LogP contribution >= 0.6 is 14.3 Å². The highest BCUT2D eigenvalue weighted by Crippen LogP contribution is 2.46. The zero-order valence-corrected chi connectivity index (χ0v) is 24.5. The molecular weight excluding hydrogens is 552 g/mol. The van der Waals surface area contributed by atoms with Gasteiger partial charge in [-0.25, -0.2) is 4.98 Å². The second-order valence-electron chi connectivity index (χ2n) is 10.2. The molecule has 0 fully saturated rings. The minimum atomic E-state index is -3.48. The normalized spacial score (nSPS) is 14.3. The van der Waals surface area contributed by atoms with Gasteiger partial charge < -0.3 is 9.13 Å². The van der Waals surface area contributed by atoms with E-state index >= 15 is 9.13 Å². The van der Waals surface area contributed by atoms with E-state index in [9.17, 15) is 0 Å². The highest BCUT2D eigenvalue weighted by Gasteiger charge is 2.37. The molecule has 7 rings (SSSR count). The minimum absolute atomic E-state index is 0.416. The number of pyridine rings is 1. The minimum Gasteiger partial charge on any atom is -0.307 e. The first-order valence-corrected chi connectivity index (χ1v) is 17.3. The van der Waals surface area contributed by atoms with Gasteiger partial charge in [-0.05, 0) is 33.7 Å². The molecule has 0 aliphatic heterocycles. The molecular formula is C37H27NO2P2. The van der Waals surface area contributed by atoms with Crippen molar-refractivity contribution in [3.63, 3.8) is 0 Å². The van der Waals surface area contributed by atoms with Gasteiger partial charge in [-0.2, -0.15) is 0 Å². The zero-order chi connectivity index (χ0) is 28.6. The van der Waals surface area contributed by atoms with Crippen molar-refractivity contribution in [1.82, 2.24) is 4.98 Å². The molecule has 0 saturated carbocycles. The van der Waals surface area contributed by atoms with Crippen molar-refractivity contribution in [2.24, 2.45) is 0 Å². The van der Waals surface area contributed by atoms with Crippen LogP contribution in [0.4, 0.5) is 0 Å². The Bertz CT molecular complexity index is 2000. The molecule has 0 spiro atoms. The predicted octanol–water partition coefficient (Wildman–Crippen LogP) is 6.67. The van der Waals surface area contributed by atoms with E-state index < -0.39 is 14.3 Å². The van der Waals surface area contributed by atoms with Crippen LogP contribution in [0, 0.1) is 0 Å². The summed E-state index contributed by atoms with van der Waals surface area (Å²) in [5, 5.41) is 6.66. The molecule has 6 aromatic carbocycles. The Hall–Kier alpha value is -4.55. The Morgan fingerprint density at radius 1 is 0.357 bits per heavy atom. The van der Waals surface area contributed by atoms with Crippen molar-refractivity contribution in [2.75, 3.05) is 0 Å². The highest BCUT2D eigenvalue weighted by atomic mass is 31.2. The van der Waals surface area contributed by atoms with Crippen molar-refractivity contribution in [1.29, 1.82) is 0 Å². The molecule has 202 valence electrons. The van der Waals surface area contributed by atoms with Crippen LogP contribution in [0.1, 0.15) is 0 Å². The maximum Gasteiger partial charge on any atom is 0.189 e. The Kier molecular flexibility index (Phi) is 6.71. The predicted molar refractivity (Wildman–Crippen MR) is 178 cm³/mol. The summed E-state index contributed by atoms with van der Waals surface area (Å²) < 4.78 is 31.3. The first-order chi connectivity index (χ1) is 20.6. The quantitative estimate of drug-likeness (QED) is 0.207. The number of benzene rings is 6. The number of hydrogen-bond donors (Lipinski definition) is 0. The van der Waals surface area contributed by atoms with Crippen LogP contribution in [0.2, 0.25) is 0 Å². The van der Waals surface area contributed by atoms with Gasteiger partial charge in [0.25, 0.3) is 0 Å². The molecule has 0 aliphatic carbocycles. The number of aromatic nitrogens is 1. The lowest BCUT2D eigenvalue weighted by Crippen LogP contribution is -2.34. The van der Waals surface area contributed by atoms with Gasteiger partial charge in [0.1, 0.15) is 10.9 Å². The van der Waals surface area contributed by atoms with Crippen LogP contribution in [0.25, 0.3) is 21.5 Å². The number of fused-ring (bicyclic) bond motifs is 2. The molecule has 7 aromatic rings. The van der Waals surface area contributed by atoms with Gasteiger partial charge in [-0.15, -0.1) is 0 Å². The van der Waals surface area contributed by atoms with Gasteiger partial charge in [0, 0.05) is 21.2 Å². The average molecular weight is 580 g/mol. The van der Waals surface area contributed by atoms with Crippen molar-refractivity contribution >= 4 is 67.9 Å². The van der Waals surface area contributed by atoms with Crippen LogP contribution in [-0.4, -0.2) is 4.98 Å². The average Bonchev–Trinajstić information content (AvgIpc) is 3.08. The van der Waals surface area contributed by atoms with Gasteiger partial charge in [-0.1, -0.05) is 152 Å². The number of hydrogen-bond acceptors (Lipinski definition) is 3. The molecule has 5 heteroatoms. The van der Waals surface area contributed by atoms with E-state index in [1.165, 1.54) is 0 Å². The standard InChI is InChI=1S/C37H27NO2P2/c39-41(30-18-3-1-4-19-30,34-24-11-16-28-14-7-9-22-32(28)34)36-26-13-27-37(38-36)42(40,31-20-5-2-6-21-31)35-25-12-17-29-15-8-10-23-33(29)35/h1-27H. The van der Waals surface area contributed by atoms with Crippen molar-refractivity contribution in [3.05, 3.63) is 164 Å². The largest absolute Gasteiger partial charge is 0.307 e. The second-order valence-corrected chi connectivity index (χ2v) is 15.6. The molecule has 0 bridgehead atoms. The molecule has 0 saturated heterocycles. The number of rotatable bonds is 6. The van der Waals surface area contributed by atoms with Gasteiger partial charge in [-0.3, -0.25) is 0 Å². The fourth-order valence-corrected chi connectivity index (χ4v) is 11.4. The van der Waals surface area contributed by atoms with Gasteiger partial charge in [0.05, 0.1) is 0 Å². The fraction of sp³-hybridized carbons (Fsp3) is 0. The monoisotopic (exact) mass is 579 g/mol. The van der Waals surface area contributed by atoms with Crippen LogP contribution in [0.5, 0.6) is 0 Å². The highest BCUT2D eigenvalue weighted by molar-refractivity contribution is 7.86. The lowest BCUT2D eigenvalue weighted by molar-refractivity contribution is 0.592. The fourth-order valence-electron chi connectivity index (χ4n) is 5.79. The summed E-state index contributed by atoms with van der Waals surface area (Å²) in [5.74, 6) is 0. The van der Waals surface area contributed by atoms with E-state index in [0.29, 0.717) is 21.5 Å². The summed E-state index contributed by atoms with van der Waals surface area (Å²) in [4.78, 5) is 5.11. The van der Waals surface area contributed by atoms with E-state index in [0.717, 1.165) is 32.2 Å². The van der Waals surface area contributed by atoms with Gasteiger partial charge >= 0.3 is 0 Å². The topological polar surface area (TPSA) is 47.0 Å². The summed E-state index contributed by atoms with van der Waals surface area (Å²) in [6.07, 6.45) is 0. The van der Waals surface area contributed by atoms with Crippen LogP contribution in [-0.2, 0) is 9.13 Å². The molecule has 2 atom stereocenters. The van der Waals surface area contributed by atoms with Gasteiger partial charge in [0.15, 0.2) is 14.3 Å². The molecule has 3 nitrogen and oxygen atoms in total. The van der Waals surface area contributed by atoms with E-state index in [1.807, 2.05) is 164 Å². The Balaban J connectivity index is 1.53. The molecule has 0 radical (unpaired) electrons. The van der Waals surface area contributed by atoms with E-state index in [4.69, 9.17) is 4.98 Å². The summed E-state index contributed by atoms with van der Waals surface area (Å²) in [6, 6.07) is 52.4. The third-order valence-electron chi connectivity index (χ3n) is 7.82. The second kappa shape index (κ2) is 10.7.